The summed E-state index contributed by atoms with van der Waals surface area (Å²) in [7, 11) is 0. The van der Waals surface area contributed by atoms with Crippen molar-refractivity contribution in [2.45, 2.75) is 19.0 Å². The topological polar surface area (TPSA) is 41.1 Å². The zero-order chi connectivity index (χ0) is 16.8. The Kier molecular flexibility index (Phi) is 5.41. The molecule has 0 fully saturated rings. The smallest absolute Gasteiger partial charge is 0.241 e. The number of hydrogen-bond acceptors (Lipinski definition) is 3. The Morgan fingerprint density at radius 2 is 1.58 bits per heavy atom. The van der Waals surface area contributed by atoms with Gasteiger partial charge in [0, 0.05) is 10.6 Å². The molecule has 3 nitrogen and oxygen atoms in total. The largest absolute Gasteiger partial charge is 0.325 e. The van der Waals surface area contributed by atoms with Gasteiger partial charge in [0.15, 0.2) is 0 Å². The zero-order valence-electron chi connectivity index (χ0n) is 13.5. The molecule has 2 atom stereocenters. The number of hydrogen-bond donors (Lipinski definition) is 2. The van der Waals surface area contributed by atoms with Gasteiger partial charge < -0.3 is 5.32 Å². The van der Waals surface area contributed by atoms with Crippen LogP contribution in [0.15, 0.2) is 78.2 Å². The molecule has 1 amide bonds. The minimum Gasteiger partial charge on any atom is -0.325 e. The van der Waals surface area contributed by atoms with Crippen LogP contribution >= 0.6 is 11.3 Å². The first-order valence-corrected chi connectivity index (χ1v) is 8.82. The lowest BCUT2D eigenvalue weighted by Crippen LogP contribution is -2.40. The van der Waals surface area contributed by atoms with Gasteiger partial charge in [0.1, 0.15) is 0 Å². The Labute approximate surface area is 146 Å². The molecule has 0 saturated heterocycles. The fraction of sp³-hybridized carbons (Fsp3) is 0.150. The van der Waals surface area contributed by atoms with Crippen LogP contribution in [0, 0.1) is 0 Å². The van der Waals surface area contributed by atoms with E-state index in [1.165, 1.54) is 4.88 Å². The summed E-state index contributed by atoms with van der Waals surface area (Å²) < 4.78 is 0. The maximum absolute atomic E-state index is 12.5. The molecule has 4 heteroatoms. The van der Waals surface area contributed by atoms with E-state index < -0.39 is 0 Å². The van der Waals surface area contributed by atoms with Crippen molar-refractivity contribution in [1.82, 2.24) is 5.32 Å². The Hall–Kier alpha value is -2.43. The molecule has 0 saturated carbocycles. The predicted octanol–water partition coefficient (Wildman–Crippen LogP) is 4.45. The van der Waals surface area contributed by atoms with Crippen molar-refractivity contribution in [1.29, 1.82) is 0 Å². The molecule has 24 heavy (non-hydrogen) atoms. The van der Waals surface area contributed by atoms with E-state index in [0.717, 1.165) is 11.3 Å². The molecule has 0 spiro atoms. The number of para-hydroxylation sites is 1. The fourth-order valence-corrected chi connectivity index (χ4v) is 3.35. The SMILES string of the molecule is C[C@@H](N[C@@H](c1ccccc1)c1cccs1)C(=O)Nc1ccccc1. The highest BCUT2D eigenvalue weighted by Gasteiger charge is 2.21. The standard InChI is InChI=1S/C20H20N2OS/c1-15(20(23)22-17-11-6-3-7-12-17)21-19(18-13-8-14-24-18)16-9-4-2-5-10-16/h2-15,19,21H,1H3,(H,22,23)/t15-,19+/m1/s1. The number of amides is 1. The lowest BCUT2D eigenvalue weighted by atomic mass is 10.0. The second kappa shape index (κ2) is 7.90. The fourth-order valence-electron chi connectivity index (χ4n) is 2.54. The van der Waals surface area contributed by atoms with Crippen molar-refractivity contribution in [3.8, 4) is 0 Å². The van der Waals surface area contributed by atoms with Crippen molar-refractivity contribution < 1.29 is 4.79 Å². The van der Waals surface area contributed by atoms with Crippen LogP contribution in [0.5, 0.6) is 0 Å². The first-order valence-electron chi connectivity index (χ1n) is 7.94. The number of benzene rings is 2. The van der Waals surface area contributed by atoms with Gasteiger partial charge in [-0.05, 0) is 36.1 Å². The van der Waals surface area contributed by atoms with Crippen LogP contribution in [-0.4, -0.2) is 11.9 Å². The molecule has 1 heterocycles. The summed E-state index contributed by atoms with van der Waals surface area (Å²) in [5.41, 5.74) is 1.96. The number of anilines is 1. The molecule has 122 valence electrons. The van der Waals surface area contributed by atoms with E-state index in [1.54, 1.807) is 11.3 Å². The van der Waals surface area contributed by atoms with Gasteiger partial charge in [0.05, 0.1) is 12.1 Å². The molecular weight excluding hydrogens is 316 g/mol. The molecule has 0 bridgehead atoms. The maximum Gasteiger partial charge on any atom is 0.241 e. The van der Waals surface area contributed by atoms with Gasteiger partial charge >= 0.3 is 0 Å². The lowest BCUT2D eigenvalue weighted by molar-refractivity contribution is -0.117. The van der Waals surface area contributed by atoms with E-state index >= 15 is 0 Å². The summed E-state index contributed by atoms with van der Waals surface area (Å²) in [6.45, 7) is 1.89. The summed E-state index contributed by atoms with van der Waals surface area (Å²) in [6, 6.07) is 23.5. The molecule has 0 aliphatic heterocycles. The Morgan fingerprint density at radius 1 is 0.917 bits per heavy atom. The highest BCUT2D eigenvalue weighted by Crippen LogP contribution is 2.26. The zero-order valence-corrected chi connectivity index (χ0v) is 14.3. The van der Waals surface area contributed by atoms with Crippen LogP contribution in [0.4, 0.5) is 5.69 Å². The second-order valence-electron chi connectivity index (χ2n) is 5.60. The molecule has 2 N–H and O–H groups in total. The van der Waals surface area contributed by atoms with E-state index in [-0.39, 0.29) is 18.0 Å². The Bertz CT molecular complexity index is 757. The van der Waals surface area contributed by atoms with E-state index in [4.69, 9.17) is 0 Å². The minimum absolute atomic E-state index is 0.00252. The average molecular weight is 336 g/mol. The summed E-state index contributed by atoms with van der Waals surface area (Å²) in [5, 5.41) is 8.46. The third kappa shape index (κ3) is 4.10. The molecule has 0 unspecified atom stereocenters. The molecule has 3 aromatic rings. The molecule has 0 aliphatic rings. The summed E-state index contributed by atoms with van der Waals surface area (Å²) >= 11 is 1.69. The molecule has 0 aliphatic carbocycles. The van der Waals surface area contributed by atoms with Crippen molar-refractivity contribution in [3.63, 3.8) is 0 Å². The highest BCUT2D eigenvalue weighted by molar-refractivity contribution is 7.10. The molecule has 1 aromatic heterocycles. The van der Waals surface area contributed by atoms with Gasteiger partial charge in [-0.3, -0.25) is 10.1 Å². The van der Waals surface area contributed by atoms with E-state index in [9.17, 15) is 4.79 Å². The van der Waals surface area contributed by atoms with E-state index in [0.29, 0.717) is 0 Å². The van der Waals surface area contributed by atoms with Crippen LogP contribution in [0.1, 0.15) is 23.4 Å². The normalized spacial score (nSPS) is 13.2. The van der Waals surface area contributed by atoms with Gasteiger partial charge in [-0.25, -0.2) is 0 Å². The average Bonchev–Trinajstić information content (AvgIpc) is 3.15. The van der Waals surface area contributed by atoms with Gasteiger partial charge in [0.2, 0.25) is 5.91 Å². The number of thiophene rings is 1. The lowest BCUT2D eigenvalue weighted by Gasteiger charge is -2.22. The van der Waals surface area contributed by atoms with Crippen molar-refractivity contribution in [2.24, 2.45) is 0 Å². The Morgan fingerprint density at radius 3 is 2.21 bits per heavy atom. The van der Waals surface area contributed by atoms with Gasteiger partial charge in [-0.2, -0.15) is 0 Å². The molecule has 2 aromatic carbocycles. The summed E-state index contributed by atoms with van der Waals surface area (Å²) in [4.78, 5) is 13.7. The third-order valence-corrected chi connectivity index (χ3v) is 4.75. The maximum atomic E-state index is 12.5. The monoisotopic (exact) mass is 336 g/mol. The minimum atomic E-state index is -0.322. The highest BCUT2D eigenvalue weighted by atomic mass is 32.1. The molecule has 0 radical (unpaired) electrons. The van der Waals surface area contributed by atoms with E-state index in [1.807, 2.05) is 61.5 Å². The van der Waals surface area contributed by atoms with Crippen molar-refractivity contribution >= 4 is 22.9 Å². The quantitative estimate of drug-likeness (QED) is 0.698. The van der Waals surface area contributed by atoms with Crippen LogP contribution in [0.25, 0.3) is 0 Å². The van der Waals surface area contributed by atoms with Gasteiger partial charge in [0.25, 0.3) is 0 Å². The van der Waals surface area contributed by atoms with Crippen LogP contribution < -0.4 is 10.6 Å². The van der Waals surface area contributed by atoms with Crippen molar-refractivity contribution in [3.05, 3.63) is 88.6 Å². The van der Waals surface area contributed by atoms with Crippen LogP contribution in [0.2, 0.25) is 0 Å². The van der Waals surface area contributed by atoms with Crippen molar-refractivity contribution in [2.75, 3.05) is 5.32 Å². The molecule has 3 rings (SSSR count). The summed E-state index contributed by atoms with van der Waals surface area (Å²) in [5.74, 6) is -0.0429. The van der Waals surface area contributed by atoms with Gasteiger partial charge in [-0.15, -0.1) is 11.3 Å². The van der Waals surface area contributed by atoms with Gasteiger partial charge in [-0.1, -0.05) is 54.6 Å². The molecular formula is C20H20N2OS. The predicted molar refractivity (Wildman–Crippen MR) is 100 cm³/mol. The number of carbonyl (C=O) groups excluding carboxylic acids is 1. The van der Waals surface area contributed by atoms with Crippen LogP contribution in [0.3, 0.4) is 0 Å². The van der Waals surface area contributed by atoms with E-state index in [2.05, 4.69) is 34.2 Å². The Balaban J connectivity index is 1.74. The first kappa shape index (κ1) is 16.4. The van der Waals surface area contributed by atoms with Crippen LogP contribution in [-0.2, 0) is 4.79 Å². The summed E-state index contributed by atoms with van der Waals surface area (Å²) in [6.07, 6.45) is 0. The number of carbonyl (C=O) groups is 1. The number of rotatable bonds is 6. The third-order valence-electron chi connectivity index (χ3n) is 3.81. The first-order chi connectivity index (χ1) is 11.7. The number of nitrogens with one attached hydrogen (secondary N) is 2. The second-order valence-corrected chi connectivity index (χ2v) is 6.58.